The number of para-hydroxylation sites is 1. The van der Waals surface area contributed by atoms with Crippen LogP contribution in [0.2, 0.25) is 5.02 Å². The predicted molar refractivity (Wildman–Crippen MR) is 116 cm³/mol. The number of halogens is 4. The maximum absolute atomic E-state index is 13.0. The average Bonchev–Trinajstić information content (AvgIpc) is 2.75. The summed E-state index contributed by atoms with van der Waals surface area (Å²) in [6.07, 6.45) is -3.62. The third kappa shape index (κ3) is 7.14. The van der Waals surface area contributed by atoms with Crippen LogP contribution in [0.5, 0.6) is 5.75 Å². The van der Waals surface area contributed by atoms with Gasteiger partial charge >= 0.3 is 6.18 Å². The highest BCUT2D eigenvalue weighted by atomic mass is 35.5. The van der Waals surface area contributed by atoms with Crippen LogP contribution in [0.3, 0.4) is 0 Å². The van der Waals surface area contributed by atoms with Crippen molar-refractivity contribution >= 4 is 23.0 Å². The zero-order valence-electron chi connectivity index (χ0n) is 16.9. The number of rotatable bonds is 8. The molecule has 0 spiro atoms. The summed E-state index contributed by atoms with van der Waals surface area (Å²) in [4.78, 5) is 2.25. The topological polar surface area (TPSA) is 59.8 Å². The normalized spacial score (nSPS) is 16.7. The van der Waals surface area contributed by atoms with Crippen molar-refractivity contribution in [2.75, 3.05) is 44.8 Å². The van der Waals surface area contributed by atoms with Gasteiger partial charge in [0.1, 0.15) is 18.4 Å². The maximum atomic E-state index is 13.0. The quantitative estimate of drug-likeness (QED) is 0.618. The molecule has 1 atom stereocenters. The van der Waals surface area contributed by atoms with Crippen LogP contribution in [0.15, 0.2) is 54.6 Å². The molecule has 1 unspecified atom stereocenters. The highest BCUT2D eigenvalue weighted by molar-refractivity contribution is 6.33. The number of morpholine rings is 1. The summed E-state index contributed by atoms with van der Waals surface area (Å²) in [5.41, 5.74) is 6.55. The second-order valence-electron chi connectivity index (χ2n) is 7.08. The smallest absolute Gasteiger partial charge is 0.407 e. The van der Waals surface area contributed by atoms with Crippen molar-refractivity contribution in [2.45, 2.75) is 12.2 Å². The van der Waals surface area contributed by atoms with Gasteiger partial charge in [0, 0.05) is 25.3 Å². The van der Waals surface area contributed by atoms with Gasteiger partial charge in [0.2, 0.25) is 0 Å². The second kappa shape index (κ2) is 10.9. The van der Waals surface area contributed by atoms with Crippen LogP contribution in [0.4, 0.5) is 18.9 Å². The number of ether oxygens (including phenoxy) is 2. The number of anilines is 1. The molecule has 168 valence electrons. The van der Waals surface area contributed by atoms with E-state index in [-0.39, 0.29) is 5.70 Å². The van der Waals surface area contributed by atoms with Gasteiger partial charge in [-0.1, -0.05) is 23.7 Å². The van der Waals surface area contributed by atoms with E-state index in [1.807, 2.05) is 0 Å². The molecule has 31 heavy (non-hydrogen) atoms. The van der Waals surface area contributed by atoms with Crippen molar-refractivity contribution in [3.63, 3.8) is 0 Å². The SMILES string of the molecule is NC(/C=C(\Nc1ccccc1Cl)c1ccc(OCCN2CCOCC2)cc1)C(F)(F)F. The van der Waals surface area contributed by atoms with Gasteiger partial charge in [0.05, 0.1) is 23.9 Å². The van der Waals surface area contributed by atoms with Gasteiger partial charge in [-0.25, -0.2) is 0 Å². The van der Waals surface area contributed by atoms with E-state index in [0.29, 0.717) is 28.6 Å². The molecule has 3 rings (SSSR count). The molecule has 1 aliphatic heterocycles. The number of hydrogen-bond acceptors (Lipinski definition) is 5. The molecule has 0 aromatic heterocycles. The highest BCUT2D eigenvalue weighted by Crippen LogP contribution is 2.28. The minimum absolute atomic E-state index is 0.206. The van der Waals surface area contributed by atoms with Gasteiger partial charge in [0.15, 0.2) is 0 Å². The number of nitrogens with two attached hydrogens (primary N) is 1. The number of nitrogens with zero attached hydrogens (tertiary/aromatic N) is 1. The summed E-state index contributed by atoms with van der Waals surface area (Å²) in [6, 6.07) is 11.5. The Balaban J connectivity index is 1.70. The Hall–Kier alpha value is -2.26. The first kappa shape index (κ1) is 23.4. The van der Waals surface area contributed by atoms with Gasteiger partial charge in [-0.05, 0) is 48.0 Å². The molecule has 0 bridgehead atoms. The first-order valence-corrected chi connectivity index (χ1v) is 10.3. The minimum Gasteiger partial charge on any atom is -0.492 e. The molecule has 5 nitrogen and oxygen atoms in total. The average molecular weight is 456 g/mol. The van der Waals surface area contributed by atoms with Gasteiger partial charge in [-0.3, -0.25) is 4.90 Å². The largest absolute Gasteiger partial charge is 0.492 e. The number of hydrogen-bond donors (Lipinski definition) is 2. The second-order valence-corrected chi connectivity index (χ2v) is 7.49. The zero-order valence-corrected chi connectivity index (χ0v) is 17.6. The molecular weight excluding hydrogens is 431 g/mol. The van der Waals surface area contributed by atoms with Crippen LogP contribution in [0, 0.1) is 0 Å². The minimum atomic E-state index is -4.56. The molecule has 0 amide bonds. The molecule has 1 fully saturated rings. The molecule has 2 aromatic rings. The lowest BCUT2D eigenvalue weighted by atomic mass is 10.1. The fourth-order valence-corrected chi connectivity index (χ4v) is 3.22. The van der Waals surface area contributed by atoms with Crippen molar-refractivity contribution in [1.82, 2.24) is 4.90 Å². The molecule has 1 aliphatic rings. The fraction of sp³-hybridized carbons (Fsp3) is 0.364. The molecule has 0 aliphatic carbocycles. The van der Waals surface area contributed by atoms with E-state index in [2.05, 4.69) is 10.2 Å². The first-order chi connectivity index (χ1) is 14.8. The van der Waals surface area contributed by atoms with Crippen LogP contribution in [-0.2, 0) is 4.74 Å². The standard InChI is InChI=1S/C22H25ClF3N3O2/c23-18-3-1-2-4-19(18)28-20(15-21(27)22(24,25)26)16-5-7-17(8-6-16)31-14-11-29-9-12-30-13-10-29/h1-8,15,21,28H,9-14,27H2/b20-15-. The summed E-state index contributed by atoms with van der Waals surface area (Å²) < 4.78 is 50.2. The predicted octanol–water partition coefficient (Wildman–Crippen LogP) is 4.39. The lowest BCUT2D eigenvalue weighted by molar-refractivity contribution is -0.136. The Morgan fingerprint density at radius 2 is 1.84 bits per heavy atom. The Labute approximate surface area is 184 Å². The Bertz CT molecular complexity index is 869. The van der Waals surface area contributed by atoms with Crippen LogP contribution in [0.1, 0.15) is 5.56 Å². The highest BCUT2D eigenvalue weighted by Gasteiger charge is 2.35. The van der Waals surface area contributed by atoms with Gasteiger partial charge < -0.3 is 20.5 Å². The van der Waals surface area contributed by atoms with Crippen LogP contribution >= 0.6 is 11.6 Å². The Morgan fingerprint density at radius 3 is 2.48 bits per heavy atom. The molecule has 0 radical (unpaired) electrons. The monoisotopic (exact) mass is 455 g/mol. The van der Waals surface area contributed by atoms with E-state index < -0.39 is 12.2 Å². The zero-order chi connectivity index (χ0) is 22.3. The summed E-state index contributed by atoms with van der Waals surface area (Å²) in [6.45, 7) is 4.50. The molecule has 9 heteroatoms. The van der Waals surface area contributed by atoms with Gasteiger partial charge in [-0.2, -0.15) is 13.2 Å². The van der Waals surface area contributed by atoms with Gasteiger partial charge in [-0.15, -0.1) is 0 Å². The van der Waals surface area contributed by atoms with Crippen LogP contribution in [0.25, 0.3) is 5.70 Å². The van der Waals surface area contributed by atoms with E-state index in [9.17, 15) is 13.2 Å². The molecule has 3 N–H and O–H groups in total. The lowest BCUT2D eigenvalue weighted by Gasteiger charge is -2.26. The summed E-state index contributed by atoms with van der Waals surface area (Å²) in [5.74, 6) is 0.634. The summed E-state index contributed by atoms with van der Waals surface area (Å²) in [7, 11) is 0. The van der Waals surface area contributed by atoms with E-state index >= 15 is 0 Å². The third-order valence-electron chi connectivity index (χ3n) is 4.81. The summed E-state index contributed by atoms with van der Waals surface area (Å²) >= 11 is 6.15. The number of alkyl halides is 3. The fourth-order valence-electron chi connectivity index (χ4n) is 3.04. The number of benzene rings is 2. The number of nitrogens with one attached hydrogen (secondary N) is 1. The van der Waals surface area contributed by atoms with Crippen molar-refractivity contribution < 1.29 is 22.6 Å². The summed E-state index contributed by atoms with van der Waals surface area (Å²) in [5, 5.41) is 3.35. The molecular formula is C22H25ClF3N3O2. The third-order valence-corrected chi connectivity index (χ3v) is 5.14. The lowest BCUT2D eigenvalue weighted by Crippen LogP contribution is -2.38. The Kier molecular flexibility index (Phi) is 8.20. The van der Waals surface area contributed by atoms with Crippen molar-refractivity contribution in [2.24, 2.45) is 5.73 Å². The van der Waals surface area contributed by atoms with Gasteiger partial charge in [0.25, 0.3) is 0 Å². The van der Waals surface area contributed by atoms with Crippen LogP contribution < -0.4 is 15.8 Å². The Morgan fingerprint density at radius 1 is 1.16 bits per heavy atom. The molecule has 2 aromatic carbocycles. The molecule has 1 heterocycles. The van der Waals surface area contributed by atoms with E-state index in [1.54, 1.807) is 48.5 Å². The molecule has 0 saturated carbocycles. The van der Waals surface area contributed by atoms with Crippen molar-refractivity contribution in [3.05, 3.63) is 65.2 Å². The van der Waals surface area contributed by atoms with Crippen LogP contribution in [-0.4, -0.2) is 56.6 Å². The van der Waals surface area contributed by atoms with E-state index in [4.69, 9.17) is 26.8 Å². The van der Waals surface area contributed by atoms with E-state index in [0.717, 1.165) is 38.9 Å². The van der Waals surface area contributed by atoms with Crippen molar-refractivity contribution in [3.8, 4) is 5.75 Å². The van der Waals surface area contributed by atoms with Crippen molar-refractivity contribution in [1.29, 1.82) is 0 Å². The van der Waals surface area contributed by atoms with E-state index in [1.165, 1.54) is 0 Å². The molecule has 1 saturated heterocycles. The first-order valence-electron chi connectivity index (χ1n) is 9.92. The maximum Gasteiger partial charge on any atom is 0.407 e.